The Balaban J connectivity index is 0.00000312. The highest BCUT2D eigenvalue weighted by Gasteiger charge is 2.24. The first-order chi connectivity index (χ1) is 11.7. The van der Waals surface area contributed by atoms with E-state index in [0.717, 1.165) is 38.7 Å². The largest absolute Gasteiger partial charge is 0.383 e. The summed E-state index contributed by atoms with van der Waals surface area (Å²) in [6.45, 7) is 7.68. The van der Waals surface area contributed by atoms with Crippen molar-refractivity contribution in [3.8, 4) is 0 Å². The lowest BCUT2D eigenvalue weighted by molar-refractivity contribution is 0.142. The summed E-state index contributed by atoms with van der Waals surface area (Å²) in [5.74, 6) is 0.984. The molecule has 2 heterocycles. The van der Waals surface area contributed by atoms with Gasteiger partial charge in [0, 0.05) is 52.2 Å². The smallest absolute Gasteiger partial charge is 0.194 e. The first kappa shape index (κ1) is 22.2. The number of rotatable bonds is 8. The Hall–Kier alpha value is -0.800. The average molecular weight is 463 g/mol. The SMILES string of the molecule is CCNC(=NCC1CCCN1CCOC)N(C)Cc1cccn1C.I. The summed E-state index contributed by atoms with van der Waals surface area (Å²) in [6, 6.07) is 4.78. The highest BCUT2D eigenvalue weighted by molar-refractivity contribution is 14.0. The number of aliphatic imine (C=N–C) groups is 1. The monoisotopic (exact) mass is 463 g/mol. The number of halogens is 1. The highest BCUT2D eigenvalue weighted by Crippen LogP contribution is 2.17. The van der Waals surface area contributed by atoms with E-state index in [1.807, 2.05) is 0 Å². The van der Waals surface area contributed by atoms with Gasteiger partial charge < -0.3 is 19.5 Å². The van der Waals surface area contributed by atoms with Crippen LogP contribution in [0.1, 0.15) is 25.5 Å². The van der Waals surface area contributed by atoms with Gasteiger partial charge >= 0.3 is 0 Å². The number of hydrogen-bond acceptors (Lipinski definition) is 3. The molecule has 0 bridgehead atoms. The van der Waals surface area contributed by atoms with Crippen molar-refractivity contribution in [2.45, 2.75) is 32.4 Å². The lowest BCUT2D eigenvalue weighted by Gasteiger charge is -2.25. The molecule has 1 aliphatic rings. The predicted octanol–water partition coefficient (Wildman–Crippen LogP) is 2.15. The Kier molecular flexibility index (Phi) is 10.4. The fourth-order valence-electron chi connectivity index (χ4n) is 3.24. The maximum atomic E-state index is 5.22. The Morgan fingerprint density at radius 2 is 2.28 bits per heavy atom. The highest BCUT2D eigenvalue weighted by atomic mass is 127. The van der Waals surface area contributed by atoms with Crippen LogP contribution in [0.4, 0.5) is 0 Å². The van der Waals surface area contributed by atoms with Gasteiger partial charge in [0.25, 0.3) is 0 Å². The van der Waals surface area contributed by atoms with Gasteiger partial charge in [-0.1, -0.05) is 0 Å². The summed E-state index contributed by atoms with van der Waals surface area (Å²) in [4.78, 5) is 9.61. The second kappa shape index (κ2) is 11.7. The summed E-state index contributed by atoms with van der Waals surface area (Å²) in [5.41, 5.74) is 1.28. The molecule has 0 amide bonds. The minimum atomic E-state index is 0. The zero-order valence-electron chi connectivity index (χ0n) is 16.1. The van der Waals surface area contributed by atoms with Crippen LogP contribution in [0.5, 0.6) is 0 Å². The lowest BCUT2D eigenvalue weighted by Crippen LogP contribution is -2.40. The van der Waals surface area contributed by atoms with Crippen molar-refractivity contribution in [3.63, 3.8) is 0 Å². The van der Waals surface area contributed by atoms with Gasteiger partial charge in [-0.05, 0) is 38.4 Å². The van der Waals surface area contributed by atoms with E-state index in [9.17, 15) is 0 Å². The first-order valence-corrected chi connectivity index (χ1v) is 8.98. The van der Waals surface area contributed by atoms with Crippen molar-refractivity contribution in [1.29, 1.82) is 0 Å². The standard InChI is InChI=1S/C18H33N5O.HI/c1-5-19-18(22(3)15-17-9-6-10-21(17)2)20-14-16-8-7-11-23(16)12-13-24-4;/h6,9-10,16H,5,7-8,11-15H2,1-4H3,(H,19,20);1H. The van der Waals surface area contributed by atoms with Crippen LogP contribution < -0.4 is 5.32 Å². The maximum absolute atomic E-state index is 5.22. The van der Waals surface area contributed by atoms with E-state index in [1.165, 1.54) is 25.1 Å². The van der Waals surface area contributed by atoms with Gasteiger partial charge in [0.2, 0.25) is 0 Å². The molecule has 1 aromatic heterocycles. The second-order valence-corrected chi connectivity index (χ2v) is 6.49. The normalized spacial score (nSPS) is 18.2. The predicted molar refractivity (Wildman–Crippen MR) is 115 cm³/mol. The minimum Gasteiger partial charge on any atom is -0.383 e. The van der Waals surface area contributed by atoms with Crippen molar-refractivity contribution in [2.75, 3.05) is 46.9 Å². The fourth-order valence-corrected chi connectivity index (χ4v) is 3.24. The van der Waals surface area contributed by atoms with Crippen molar-refractivity contribution in [1.82, 2.24) is 19.7 Å². The van der Waals surface area contributed by atoms with E-state index in [0.29, 0.717) is 6.04 Å². The molecule has 2 rings (SSSR count). The number of nitrogens with one attached hydrogen (secondary N) is 1. The summed E-state index contributed by atoms with van der Waals surface area (Å²) in [6.07, 6.45) is 4.58. The molecular weight excluding hydrogens is 429 g/mol. The minimum absolute atomic E-state index is 0. The van der Waals surface area contributed by atoms with Gasteiger partial charge in [0.05, 0.1) is 19.7 Å². The number of likely N-dealkylation sites (tertiary alicyclic amines) is 1. The van der Waals surface area contributed by atoms with Crippen LogP contribution in [0.25, 0.3) is 0 Å². The average Bonchev–Trinajstić information content (AvgIpc) is 3.18. The third-order valence-corrected chi connectivity index (χ3v) is 4.68. The van der Waals surface area contributed by atoms with E-state index in [-0.39, 0.29) is 24.0 Å². The Bertz CT molecular complexity index is 519. The molecule has 1 N–H and O–H groups in total. The third kappa shape index (κ3) is 6.79. The number of hydrogen-bond donors (Lipinski definition) is 1. The molecule has 1 atom stereocenters. The van der Waals surface area contributed by atoms with Crippen LogP contribution >= 0.6 is 24.0 Å². The molecule has 0 radical (unpaired) electrons. The zero-order chi connectivity index (χ0) is 17.4. The molecule has 144 valence electrons. The van der Waals surface area contributed by atoms with Crippen LogP contribution in [-0.2, 0) is 18.3 Å². The zero-order valence-corrected chi connectivity index (χ0v) is 18.4. The number of methoxy groups -OCH3 is 1. The Morgan fingerprint density at radius 3 is 2.92 bits per heavy atom. The van der Waals surface area contributed by atoms with Crippen LogP contribution in [0, 0.1) is 0 Å². The van der Waals surface area contributed by atoms with Crippen molar-refractivity contribution < 1.29 is 4.74 Å². The third-order valence-electron chi connectivity index (χ3n) is 4.68. The van der Waals surface area contributed by atoms with Gasteiger partial charge in [0.1, 0.15) is 0 Å². The van der Waals surface area contributed by atoms with Crippen molar-refractivity contribution in [2.24, 2.45) is 12.0 Å². The topological polar surface area (TPSA) is 45.0 Å². The molecule has 1 saturated heterocycles. The molecule has 1 aromatic rings. The summed E-state index contributed by atoms with van der Waals surface area (Å²) in [5, 5.41) is 3.42. The molecule has 1 aliphatic heterocycles. The quantitative estimate of drug-likeness (QED) is 0.365. The van der Waals surface area contributed by atoms with E-state index in [2.05, 4.69) is 59.0 Å². The second-order valence-electron chi connectivity index (χ2n) is 6.49. The lowest BCUT2D eigenvalue weighted by atomic mass is 10.2. The molecule has 0 spiro atoms. The number of aromatic nitrogens is 1. The maximum Gasteiger partial charge on any atom is 0.194 e. The van der Waals surface area contributed by atoms with Gasteiger partial charge in [-0.3, -0.25) is 9.89 Å². The van der Waals surface area contributed by atoms with Crippen LogP contribution in [0.3, 0.4) is 0 Å². The van der Waals surface area contributed by atoms with Gasteiger partial charge in [0.15, 0.2) is 5.96 Å². The molecular formula is C18H34IN5O. The van der Waals surface area contributed by atoms with Crippen LogP contribution in [0.2, 0.25) is 0 Å². The summed E-state index contributed by atoms with van der Waals surface area (Å²) >= 11 is 0. The molecule has 1 fully saturated rings. The van der Waals surface area contributed by atoms with E-state index >= 15 is 0 Å². The van der Waals surface area contributed by atoms with E-state index in [4.69, 9.17) is 9.73 Å². The van der Waals surface area contributed by atoms with Gasteiger partial charge in [-0.15, -0.1) is 24.0 Å². The number of aryl methyl sites for hydroxylation is 1. The van der Waals surface area contributed by atoms with E-state index < -0.39 is 0 Å². The number of guanidine groups is 1. The van der Waals surface area contributed by atoms with Crippen molar-refractivity contribution >= 4 is 29.9 Å². The molecule has 25 heavy (non-hydrogen) atoms. The van der Waals surface area contributed by atoms with Crippen molar-refractivity contribution in [3.05, 3.63) is 24.0 Å². The molecule has 0 saturated carbocycles. The molecule has 6 nitrogen and oxygen atoms in total. The van der Waals surface area contributed by atoms with E-state index in [1.54, 1.807) is 7.11 Å². The molecule has 0 aliphatic carbocycles. The van der Waals surface area contributed by atoms with Gasteiger partial charge in [-0.2, -0.15) is 0 Å². The fraction of sp³-hybridized carbons (Fsp3) is 0.722. The van der Waals surface area contributed by atoms with Crippen LogP contribution in [-0.4, -0.2) is 73.3 Å². The first-order valence-electron chi connectivity index (χ1n) is 8.98. The number of nitrogens with zero attached hydrogens (tertiary/aromatic N) is 4. The van der Waals surface area contributed by atoms with Crippen LogP contribution in [0.15, 0.2) is 23.3 Å². The molecule has 0 aromatic carbocycles. The summed E-state index contributed by atoms with van der Waals surface area (Å²) in [7, 11) is 5.95. The molecule has 7 heteroatoms. The van der Waals surface area contributed by atoms with Gasteiger partial charge in [-0.25, -0.2) is 0 Å². The Labute approximate surface area is 169 Å². The Morgan fingerprint density at radius 1 is 1.48 bits per heavy atom. The number of ether oxygens (including phenoxy) is 1. The molecule has 1 unspecified atom stereocenters. The summed E-state index contributed by atoms with van der Waals surface area (Å²) < 4.78 is 7.38.